The molecular weight excluding hydrogens is 523 g/mol. The van der Waals surface area contributed by atoms with Gasteiger partial charge in [-0.05, 0) is 30.7 Å². The predicted octanol–water partition coefficient (Wildman–Crippen LogP) is 0.852. The molecule has 9 nitrogen and oxygen atoms in total. The number of halogens is 1. The highest BCUT2D eigenvalue weighted by molar-refractivity contribution is 14.0. The van der Waals surface area contributed by atoms with Crippen LogP contribution in [0.2, 0.25) is 0 Å². The van der Waals surface area contributed by atoms with E-state index in [0.29, 0.717) is 18.1 Å². The second-order valence-corrected chi connectivity index (χ2v) is 7.94. The van der Waals surface area contributed by atoms with Crippen molar-refractivity contribution in [3.8, 4) is 0 Å². The number of hydrogen-bond donors (Lipinski definition) is 2. The minimum absolute atomic E-state index is 0. The van der Waals surface area contributed by atoms with Crippen LogP contribution in [0.1, 0.15) is 22.3 Å². The van der Waals surface area contributed by atoms with Gasteiger partial charge < -0.3 is 25.2 Å². The SMILES string of the molecule is CN(C)C(=O)CNC(=NCc1ccc(C(=O)N(C)C)cc1)NCCCN1CCOCC1.I. The number of likely N-dealkylation sites (N-methyl/N-ethyl adjacent to an activating group) is 1. The van der Waals surface area contributed by atoms with Crippen molar-refractivity contribution in [3.63, 3.8) is 0 Å². The second kappa shape index (κ2) is 15.0. The molecule has 1 fully saturated rings. The summed E-state index contributed by atoms with van der Waals surface area (Å²) in [5.41, 5.74) is 1.64. The topological polar surface area (TPSA) is 89.5 Å². The third-order valence-corrected chi connectivity index (χ3v) is 4.98. The molecule has 0 unspecified atom stereocenters. The zero-order valence-electron chi connectivity index (χ0n) is 19.6. The molecule has 1 saturated heterocycles. The molecule has 0 saturated carbocycles. The van der Waals surface area contributed by atoms with Gasteiger partial charge in [0.25, 0.3) is 5.91 Å². The molecule has 1 aromatic rings. The van der Waals surface area contributed by atoms with Gasteiger partial charge in [-0.2, -0.15) is 0 Å². The van der Waals surface area contributed by atoms with E-state index in [1.807, 2.05) is 24.3 Å². The maximum atomic E-state index is 12.0. The number of hydrogen-bond acceptors (Lipinski definition) is 5. The van der Waals surface area contributed by atoms with E-state index in [0.717, 1.165) is 51.4 Å². The molecule has 0 aliphatic carbocycles. The van der Waals surface area contributed by atoms with Crippen LogP contribution in [-0.2, 0) is 16.1 Å². The molecule has 1 aliphatic heterocycles. The van der Waals surface area contributed by atoms with Crippen molar-refractivity contribution in [3.05, 3.63) is 35.4 Å². The number of ether oxygens (including phenoxy) is 1. The normalized spacial score (nSPS) is 14.3. The summed E-state index contributed by atoms with van der Waals surface area (Å²) in [6.07, 6.45) is 0.976. The molecule has 32 heavy (non-hydrogen) atoms. The van der Waals surface area contributed by atoms with E-state index >= 15 is 0 Å². The average molecular weight is 560 g/mol. The Morgan fingerprint density at radius 2 is 1.69 bits per heavy atom. The summed E-state index contributed by atoms with van der Waals surface area (Å²) in [5.74, 6) is 0.557. The predicted molar refractivity (Wildman–Crippen MR) is 138 cm³/mol. The summed E-state index contributed by atoms with van der Waals surface area (Å²) in [4.78, 5) is 34.1. The number of amides is 2. The molecule has 2 amide bonds. The third kappa shape index (κ3) is 10.1. The van der Waals surface area contributed by atoms with Gasteiger partial charge in [0.15, 0.2) is 5.96 Å². The number of carbonyl (C=O) groups excluding carboxylic acids is 2. The Hall–Kier alpha value is -1.92. The van der Waals surface area contributed by atoms with Crippen LogP contribution in [0.25, 0.3) is 0 Å². The fourth-order valence-electron chi connectivity index (χ4n) is 3.01. The number of carbonyl (C=O) groups is 2. The lowest BCUT2D eigenvalue weighted by atomic mass is 10.1. The highest BCUT2D eigenvalue weighted by atomic mass is 127. The summed E-state index contributed by atoms with van der Waals surface area (Å²) in [5, 5.41) is 6.43. The van der Waals surface area contributed by atoms with Crippen molar-refractivity contribution >= 4 is 41.8 Å². The second-order valence-electron chi connectivity index (χ2n) is 7.94. The van der Waals surface area contributed by atoms with Crippen molar-refractivity contribution < 1.29 is 14.3 Å². The maximum absolute atomic E-state index is 12.0. The van der Waals surface area contributed by atoms with Crippen molar-refractivity contribution in [1.29, 1.82) is 0 Å². The molecule has 0 radical (unpaired) electrons. The summed E-state index contributed by atoms with van der Waals surface area (Å²) < 4.78 is 5.38. The van der Waals surface area contributed by atoms with E-state index in [1.165, 1.54) is 0 Å². The van der Waals surface area contributed by atoms with Crippen LogP contribution in [0, 0.1) is 0 Å². The number of nitrogens with zero attached hydrogens (tertiary/aromatic N) is 4. The molecular formula is C22H37IN6O3. The van der Waals surface area contributed by atoms with Gasteiger partial charge in [0.2, 0.25) is 5.91 Å². The van der Waals surface area contributed by atoms with Crippen molar-refractivity contribution in [2.75, 3.05) is 74.1 Å². The number of rotatable bonds is 9. The van der Waals surface area contributed by atoms with Gasteiger partial charge >= 0.3 is 0 Å². The molecule has 0 atom stereocenters. The van der Waals surface area contributed by atoms with E-state index in [-0.39, 0.29) is 42.3 Å². The fraction of sp³-hybridized carbons (Fsp3) is 0.591. The van der Waals surface area contributed by atoms with E-state index in [4.69, 9.17) is 4.74 Å². The molecule has 2 rings (SSSR count). The molecule has 10 heteroatoms. The van der Waals surface area contributed by atoms with Gasteiger partial charge in [-0.15, -0.1) is 24.0 Å². The number of morpholine rings is 1. The van der Waals surface area contributed by atoms with Crippen LogP contribution < -0.4 is 10.6 Å². The van der Waals surface area contributed by atoms with Gasteiger partial charge in [0.1, 0.15) is 0 Å². The zero-order chi connectivity index (χ0) is 22.6. The van der Waals surface area contributed by atoms with Crippen molar-refractivity contribution in [1.82, 2.24) is 25.3 Å². The molecule has 1 aliphatic rings. The van der Waals surface area contributed by atoms with Gasteiger partial charge in [0, 0.05) is 53.4 Å². The minimum atomic E-state index is -0.0264. The highest BCUT2D eigenvalue weighted by Gasteiger charge is 2.10. The van der Waals surface area contributed by atoms with Gasteiger partial charge in [-0.25, -0.2) is 4.99 Å². The average Bonchev–Trinajstić information content (AvgIpc) is 2.78. The van der Waals surface area contributed by atoms with Gasteiger partial charge in [0.05, 0.1) is 26.3 Å². The monoisotopic (exact) mass is 560 g/mol. The fourth-order valence-corrected chi connectivity index (χ4v) is 3.01. The summed E-state index contributed by atoms with van der Waals surface area (Å²) in [6, 6.07) is 7.43. The smallest absolute Gasteiger partial charge is 0.253 e. The Labute approximate surface area is 208 Å². The molecule has 1 aromatic carbocycles. The lowest BCUT2D eigenvalue weighted by Gasteiger charge is -2.26. The van der Waals surface area contributed by atoms with Crippen LogP contribution in [0.4, 0.5) is 0 Å². The van der Waals surface area contributed by atoms with Crippen molar-refractivity contribution in [2.45, 2.75) is 13.0 Å². The number of aliphatic imine (C=N–C) groups is 1. The largest absolute Gasteiger partial charge is 0.379 e. The molecule has 0 bridgehead atoms. The van der Waals surface area contributed by atoms with E-state index in [9.17, 15) is 9.59 Å². The quantitative estimate of drug-likeness (QED) is 0.202. The van der Waals surface area contributed by atoms with E-state index in [1.54, 1.807) is 38.0 Å². The van der Waals surface area contributed by atoms with Gasteiger partial charge in [-0.1, -0.05) is 12.1 Å². The first-order valence-corrected chi connectivity index (χ1v) is 10.7. The van der Waals surface area contributed by atoms with Crippen molar-refractivity contribution in [2.24, 2.45) is 4.99 Å². The minimum Gasteiger partial charge on any atom is -0.379 e. The zero-order valence-corrected chi connectivity index (χ0v) is 21.9. The summed E-state index contributed by atoms with van der Waals surface area (Å²) in [6.45, 7) is 5.94. The first-order valence-electron chi connectivity index (χ1n) is 10.7. The number of guanidine groups is 1. The van der Waals surface area contributed by atoms with Crippen LogP contribution in [-0.4, -0.2) is 107 Å². The molecule has 0 aromatic heterocycles. The van der Waals surface area contributed by atoms with Crippen LogP contribution >= 0.6 is 24.0 Å². The molecule has 1 heterocycles. The molecule has 180 valence electrons. The third-order valence-electron chi connectivity index (χ3n) is 4.98. The number of nitrogens with one attached hydrogen (secondary N) is 2. The Morgan fingerprint density at radius 3 is 2.28 bits per heavy atom. The Balaban J connectivity index is 0.00000512. The summed E-state index contributed by atoms with van der Waals surface area (Å²) >= 11 is 0. The lowest BCUT2D eigenvalue weighted by Crippen LogP contribution is -2.44. The van der Waals surface area contributed by atoms with E-state index < -0.39 is 0 Å². The summed E-state index contributed by atoms with van der Waals surface area (Å²) in [7, 11) is 6.93. The highest BCUT2D eigenvalue weighted by Crippen LogP contribution is 2.07. The van der Waals surface area contributed by atoms with Crippen LogP contribution in [0.15, 0.2) is 29.3 Å². The van der Waals surface area contributed by atoms with Gasteiger partial charge in [-0.3, -0.25) is 14.5 Å². The Kier molecular flexibility index (Phi) is 13.2. The Bertz CT molecular complexity index is 734. The maximum Gasteiger partial charge on any atom is 0.253 e. The first kappa shape index (κ1) is 28.1. The standard InChI is InChI=1S/C22H36N6O3.HI/c1-26(2)20(29)17-25-22(23-10-5-11-28-12-14-31-15-13-28)24-16-18-6-8-19(9-7-18)21(30)27(3)4;/h6-9H,5,10-17H2,1-4H3,(H2,23,24,25);1H. The number of benzene rings is 1. The lowest BCUT2D eigenvalue weighted by molar-refractivity contribution is -0.127. The molecule has 0 spiro atoms. The first-order chi connectivity index (χ1) is 14.9. The van der Waals surface area contributed by atoms with Crippen LogP contribution in [0.3, 0.4) is 0 Å². The van der Waals surface area contributed by atoms with E-state index in [2.05, 4.69) is 20.5 Å². The Morgan fingerprint density at radius 1 is 1.03 bits per heavy atom. The molecule has 2 N–H and O–H groups in total. The van der Waals surface area contributed by atoms with Crippen LogP contribution in [0.5, 0.6) is 0 Å².